The average Bonchev–Trinajstić information content (AvgIpc) is 3.28. The van der Waals surface area contributed by atoms with Crippen LogP contribution in [0.25, 0.3) is 22.2 Å². The first kappa shape index (κ1) is 29.2. The van der Waals surface area contributed by atoms with Gasteiger partial charge in [-0.15, -0.1) is 0 Å². The standard InChI is InChI=1S/C31H21F5N2O5/c1-16(18-4-6-19(7-5-18)29(40)41)37-28(39)23-12-21(20-8-11-24(32)25(33)13-20)14-26-27(23)38(30(42)43-26)15-17-2-9-22(10-3-17)31(34,35)36/h2-14,16H,15H2,1H3,(H,37,39)(H,40,41)/t16-/m0/s1. The van der Waals surface area contributed by atoms with Gasteiger partial charge in [-0.1, -0.05) is 30.3 Å². The number of halogens is 5. The third-order valence-electron chi connectivity index (χ3n) is 6.89. The van der Waals surface area contributed by atoms with Crippen LogP contribution >= 0.6 is 0 Å². The van der Waals surface area contributed by atoms with Crippen LogP contribution in [0.15, 0.2) is 88.1 Å². The smallest absolute Gasteiger partial charge is 0.420 e. The minimum atomic E-state index is -4.55. The van der Waals surface area contributed by atoms with Crippen LogP contribution < -0.4 is 11.1 Å². The molecule has 0 unspecified atom stereocenters. The van der Waals surface area contributed by atoms with Crippen molar-refractivity contribution in [2.75, 3.05) is 0 Å². The Bertz CT molecular complexity index is 1910. The maximum absolute atomic E-state index is 14.0. The number of hydrogen-bond acceptors (Lipinski definition) is 4. The zero-order valence-electron chi connectivity index (χ0n) is 22.2. The number of hydrogen-bond donors (Lipinski definition) is 2. The monoisotopic (exact) mass is 596 g/mol. The predicted molar refractivity (Wildman–Crippen MR) is 146 cm³/mol. The minimum absolute atomic E-state index is 0.0298. The van der Waals surface area contributed by atoms with Crippen LogP contribution in [0.1, 0.15) is 50.4 Å². The third kappa shape index (κ3) is 6.03. The lowest BCUT2D eigenvalue weighted by Gasteiger charge is -2.16. The van der Waals surface area contributed by atoms with E-state index in [1.54, 1.807) is 6.92 Å². The van der Waals surface area contributed by atoms with Crippen LogP contribution in [0.2, 0.25) is 0 Å². The fraction of sp³-hybridized carbons (Fsp3) is 0.129. The Morgan fingerprint density at radius 3 is 2.19 bits per heavy atom. The number of alkyl halides is 3. The largest absolute Gasteiger partial charge is 0.478 e. The molecule has 0 bridgehead atoms. The number of benzene rings is 4. The molecule has 5 aromatic rings. The van der Waals surface area contributed by atoms with Crippen LogP contribution in [0, 0.1) is 11.6 Å². The van der Waals surface area contributed by atoms with Gasteiger partial charge in [-0.2, -0.15) is 13.2 Å². The molecule has 0 saturated heterocycles. The van der Waals surface area contributed by atoms with Gasteiger partial charge in [-0.25, -0.2) is 18.4 Å². The Morgan fingerprint density at radius 1 is 0.907 bits per heavy atom. The Morgan fingerprint density at radius 2 is 1.58 bits per heavy atom. The van der Waals surface area contributed by atoms with E-state index < -0.39 is 47.0 Å². The summed E-state index contributed by atoms with van der Waals surface area (Å²) >= 11 is 0. The van der Waals surface area contributed by atoms with Crippen molar-refractivity contribution in [2.24, 2.45) is 0 Å². The summed E-state index contributed by atoms with van der Waals surface area (Å²) in [7, 11) is 0. The summed E-state index contributed by atoms with van der Waals surface area (Å²) in [6, 6.07) is 15.2. The molecule has 0 aliphatic carbocycles. The van der Waals surface area contributed by atoms with Crippen molar-refractivity contribution in [3.63, 3.8) is 0 Å². The highest BCUT2D eigenvalue weighted by molar-refractivity contribution is 6.06. The number of fused-ring (bicyclic) bond motifs is 1. The predicted octanol–water partition coefficient (Wildman–Crippen LogP) is 6.80. The highest BCUT2D eigenvalue weighted by Gasteiger charge is 2.30. The minimum Gasteiger partial charge on any atom is -0.478 e. The second kappa shape index (κ2) is 11.2. The lowest BCUT2D eigenvalue weighted by molar-refractivity contribution is -0.137. The number of carbonyl (C=O) groups excluding carboxylic acids is 1. The van der Waals surface area contributed by atoms with E-state index in [4.69, 9.17) is 9.52 Å². The SMILES string of the molecule is C[C@H](NC(=O)c1cc(-c2ccc(F)c(F)c2)cc2oc(=O)n(Cc3ccc(C(F)(F)F)cc3)c12)c1ccc(C(=O)O)cc1. The van der Waals surface area contributed by atoms with Crippen LogP contribution in [-0.4, -0.2) is 21.6 Å². The van der Waals surface area contributed by atoms with Gasteiger partial charge < -0.3 is 14.8 Å². The maximum atomic E-state index is 14.0. The van der Waals surface area contributed by atoms with E-state index in [1.165, 1.54) is 54.6 Å². The van der Waals surface area contributed by atoms with Gasteiger partial charge in [0.2, 0.25) is 0 Å². The highest BCUT2D eigenvalue weighted by Crippen LogP contribution is 2.31. The normalized spacial score (nSPS) is 12.3. The number of carboxylic acids is 1. The Balaban J connectivity index is 1.58. The van der Waals surface area contributed by atoms with E-state index in [0.29, 0.717) is 11.1 Å². The topological polar surface area (TPSA) is 102 Å². The third-order valence-corrected chi connectivity index (χ3v) is 6.89. The van der Waals surface area contributed by atoms with Gasteiger partial charge in [0.1, 0.15) is 5.52 Å². The molecule has 0 radical (unpaired) electrons. The lowest BCUT2D eigenvalue weighted by Crippen LogP contribution is -2.28. The molecule has 0 spiro atoms. The molecule has 43 heavy (non-hydrogen) atoms. The zero-order valence-corrected chi connectivity index (χ0v) is 22.2. The molecule has 4 aromatic carbocycles. The molecule has 7 nitrogen and oxygen atoms in total. The van der Waals surface area contributed by atoms with Crippen molar-refractivity contribution in [1.29, 1.82) is 0 Å². The van der Waals surface area contributed by atoms with Crippen LogP contribution in [-0.2, 0) is 12.7 Å². The van der Waals surface area contributed by atoms with Gasteiger partial charge >= 0.3 is 17.9 Å². The van der Waals surface area contributed by atoms with E-state index in [0.717, 1.165) is 28.8 Å². The molecule has 1 atom stereocenters. The number of amides is 1. The summed E-state index contributed by atoms with van der Waals surface area (Å²) in [5, 5.41) is 11.9. The average molecular weight is 597 g/mol. The molecule has 1 aromatic heterocycles. The van der Waals surface area contributed by atoms with Crippen LogP contribution in [0.4, 0.5) is 22.0 Å². The molecule has 1 heterocycles. The summed E-state index contributed by atoms with van der Waals surface area (Å²) in [4.78, 5) is 37.8. The van der Waals surface area contributed by atoms with E-state index in [-0.39, 0.29) is 39.9 Å². The van der Waals surface area contributed by atoms with Gasteiger partial charge in [0.15, 0.2) is 17.2 Å². The van der Waals surface area contributed by atoms with Crippen molar-refractivity contribution in [2.45, 2.75) is 25.7 Å². The second-order valence-corrected chi connectivity index (χ2v) is 9.77. The van der Waals surface area contributed by atoms with E-state index in [1.807, 2.05) is 0 Å². The number of oxazole rings is 1. The second-order valence-electron chi connectivity index (χ2n) is 9.77. The van der Waals surface area contributed by atoms with Gasteiger partial charge in [0, 0.05) is 0 Å². The quantitative estimate of drug-likeness (QED) is 0.201. The number of nitrogens with one attached hydrogen (secondary N) is 1. The van der Waals surface area contributed by atoms with E-state index in [2.05, 4.69) is 5.32 Å². The van der Waals surface area contributed by atoms with Crippen LogP contribution in [0.3, 0.4) is 0 Å². The van der Waals surface area contributed by atoms with Crippen molar-refractivity contribution < 1.29 is 41.1 Å². The fourth-order valence-corrected chi connectivity index (χ4v) is 4.62. The first-order valence-corrected chi connectivity index (χ1v) is 12.7. The Kier molecular flexibility index (Phi) is 7.61. The lowest BCUT2D eigenvalue weighted by atomic mass is 10.00. The molecule has 0 saturated carbocycles. The first-order valence-electron chi connectivity index (χ1n) is 12.7. The van der Waals surface area contributed by atoms with Crippen molar-refractivity contribution in [1.82, 2.24) is 9.88 Å². The van der Waals surface area contributed by atoms with E-state index in [9.17, 15) is 36.3 Å². The molecule has 0 fully saturated rings. The molecular weight excluding hydrogens is 575 g/mol. The fourth-order valence-electron chi connectivity index (χ4n) is 4.62. The number of nitrogens with zero attached hydrogens (tertiary/aromatic N) is 1. The molecule has 0 aliphatic heterocycles. The van der Waals surface area contributed by atoms with E-state index >= 15 is 0 Å². The number of carbonyl (C=O) groups is 2. The van der Waals surface area contributed by atoms with Crippen LogP contribution in [0.5, 0.6) is 0 Å². The Labute approximate surface area is 239 Å². The number of rotatable bonds is 7. The molecular formula is C31H21F5N2O5. The molecule has 0 aliphatic rings. The summed E-state index contributed by atoms with van der Waals surface area (Å²) in [6.45, 7) is 1.41. The number of aromatic carboxylic acids is 1. The van der Waals surface area contributed by atoms with Crippen molar-refractivity contribution in [3.8, 4) is 11.1 Å². The van der Waals surface area contributed by atoms with Gasteiger partial charge in [0.05, 0.1) is 29.3 Å². The summed E-state index contributed by atoms with van der Waals surface area (Å²) < 4.78 is 73.2. The molecule has 220 valence electrons. The number of carboxylic acid groups (broad SMARTS) is 1. The maximum Gasteiger partial charge on any atom is 0.420 e. The molecule has 2 N–H and O–H groups in total. The van der Waals surface area contributed by atoms with Gasteiger partial charge in [-0.3, -0.25) is 9.36 Å². The number of aromatic nitrogens is 1. The zero-order chi connectivity index (χ0) is 31.1. The molecule has 1 amide bonds. The molecule has 5 rings (SSSR count). The van der Waals surface area contributed by atoms with Gasteiger partial charge in [0.25, 0.3) is 5.91 Å². The van der Waals surface area contributed by atoms with Crippen molar-refractivity contribution in [3.05, 3.63) is 129 Å². The summed E-state index contributed by atoms with van der Waals surface area (Å²) in [6.07, 6.45) is -4.55. The van der Waals surface area contributed by atoms with Gasteiger partial charge in [-0.05, 0) is 77.7 Å². The first-order chi connectivity index (χ1) is 20.3. The highest BCUT2D eigenvalue weighted by atomic mass is 19.4. The van der Waals surface area contributed by atoms with Crippen molar-refractivity contribution >= 4 is 23.0 Å². The Hall–Kier alpha value is -5.26. The molecule has 12 heteroatoms. The summed E-state index contributed by atoms with van der Waals surface area (Å²) in [5.74, 6) is -4.93. The summed E-state index contributed by atoms with van der Waals surface area (Å²) in [5.41, 5.74) is 0.363.